The fraction of sp³-hybridized carbons (Fsp3) is 0.409. The van der Waals surface area contributed by atoms with Crippen LogP contribution in [0.5, 0.6) is 0 Å². The van der Waals surface area contributed by atoms with Crippen molar-refractivity contribution in [2.45, 2.75) is 31.5 Å². The van der Waals surface area contributed by atoms with E-state index in [-0.39, 0.29) is 34.3 Å². The highest BCUT2D eigenvalue weighted by atomic mass is 35.5. The van der Waals surface area contributed by atoms with E-state index in [0.29, 0.717) is 6.20 Å². The lowest BCUT2D eigenvalue weighted by Crippen LogP contribution is -2.57. The van der Waals surface area contributed by atoms with Gasteiger partial charge in [-0.05, 0) is 41.5 Å². The first-order valence-electron chi connectivity index (χ1n) is 10.8. The number of halogens is 6. The summed E-state index contributed by atoms with van der Waals surface area (Å²) in [6.07, 6.45) is -4.32. The van der Waals surface area contributed by atoms with Crippen LogP contribution in [-0.4, -0.2) is 61.1 Å². The molecule has 14 heteroatoms. The number of aryl methyl sites for hydroxylation is 1. The first-order chi connectivity index (χ1) is 16.8. The van der Waals surface area contributed by atoms with Crippen LogP contribution in [0.15, 0.2) is 36.5 Å². The van der Waals surface area contributed by atoms with Gasteiger partial charge in [0.25, 0.3) is 11.8 Å². The summed E-state index contributed by atoms with van der Waals surface area (Å²) in [6.45, 7) is 0.729. The Morgan fingerprint density at radius 1 is 1.25 bits per heavy atom. The summed E-state index contributed by atoms with van der Waals surface area (Å²) < 4.78 is 67.6. The average Bonchev–Trinajstić information content (AvgIpc) is 3.22. The van der Waals surface area contributed by atoms with Crippen molar-refractivity contribution in [3.05, 3.63) is 52.7 Å². The maximum Gasteiger partial charge on any atom is 0.417 e. The standard InChI is InChI=1S/C22H21ClF5N7O/c1-12-8-21(24,25)11-35(17(12)10-30-18-6-3-13(9-29-18)22(26,27)28)20(36)16-7-14(23)4-5-15(16)19-31-33-34(2)32-19/h3-7,9,12,17H,8,10-11H2,1-2H3,(H,29,30)/t12-,17?/m1/s1. The second kappa shape index (κ2) is 9.60. The van der Waals surface area contributed by atoms with Crippen molar-refractivity contribution in [1.29, 1.82) is 0 Å². The van der Waals surface area contributed by atoms with Gasteiger partial charge in [-0.15, -0.1) is 10.2 Å². The number of nitrogens with one attached hydrogen (secondary N) is 1. The largest absolute Gasteiger partial charge is 0.417 e. The molecule has 4 rings (SSSR count). The minimum atomic E-state index is -4.54. The molecule has 3 heterocycles. The highest BCUT2D eigenvalue weighted by Gasteiger charge is 2.46. The number of anilines is 1. The number of carbonyl (C=O) groups excluding carboxylic acids is 1. The summed E-state index contributed by atoms with van der Waals surface area (Å²) in [5.41, 5.74) is -0.616. The molecule has 0 saturated carbocycles. The Kier molecular flexibility index (Phi) is 6.86. The second-order valence-corrected chi connectivity index (χ2v) is 9.08. The number of rotatable bonds is 5. The summed E-state index contributed by atoms with van der Waals surface area (Å²) in [5, 5.41) is 14.8. The molecule has 1 amide bonds. The molecular weight excluding hydrogens is 509 g/mol. The molecule has 1 unspecified atom stereocenters. The van der Waals surface area contributed by atoms with Crippen LogP contribution in [0.1, 0.15) is 29.3 Å². The fourth-order valence-corrected chi connectivity index (χ4v) is 4.36. The first kappa shape index (κ1) is 25.7. The van der Waals surface area contributed by atoms with Crippen LogP contribution in [0.4, 0.5) is 27.8 Å². The van der Waals surface area contributed by atoms with Crippen LogP contribution >= 0.6 is 11.6 Å². The van der Waals surface area contributed by atoms with E-state index < -0.39 is 48.5 Å². The Morgan fingerprint density at radius 3 is 2.61 bits per heavy atom. The monoisotopic (exact) mass is 529 g/mol. The molecule has 3 aromatic rings. The summed E-state index contributed by atoms with van der Waals surface area (Å²) in [4.78, 5) is 19.6. The van der Waals surface area contributed by atoms with Gasteiger partial charge in [0.05, 0.1) is 30.8 Å². The lowest BCUT2D eigenvalue weighted by Gasteiger charge is -2.43. The number of amides is 1. The number of alkyl halides is 5. The number of hydrogen-bond donors (Lipinski definition) is 1. The predicted molar refractivity (Wildman–Crippen MR) is 121 cm³/mol. The highest BCUT2D eigenvalue weighted by molar-refractivity contribution is 6.31. The van der Waals surface area contributed by atoms with Crippen LogP contribution in [0, 0.1) is 5.92 Å². The summed E-state index contributed by atoms with van der Waals surface area (Å²) in [7, 11) is 1.54. The van der Waals surface area contributed by atoms with E-state index in [0.717, 1.165) is 17.0 Å². The van der Waals surface area contributed by atoms with Gasteiger partial charge in [0.2, 0.25) is 5.82 Å². The lowest BCUT2D eigenvalue weighted by atomic mass is 9.87. The van der Waals surface area contributed by atoms with E-state index in [1.165, 1.54) is 30.0 Å². The zero-order chi connectivity index (χ0) is 26.3. The maximum absolute atomic E-state index is 14.6. The third-order valence-corrected chi connectivity index (χ3v) is 6.12. The van der Waals surface area contributed by atoms with Crippen LogP contribution in [0.2, 0.25) is 5.02 Å². The number of nitrogens with zero attached hydrogens (tertiary/aromatic N) is 6. The molecular formula is C22H21ClF5N7O. The zero-order valence-corrected chi connectivity index (χ0v) is 19.9. The number of tetrazole rings is 1. The number of benzene rings is 1. The normalized spacial score (nSPS) is 19.8. The van der Waals surface area contributed by atoms with E-state index in [2.05, 4.69) is 25.7 Å². The number of aromatic nitrogens is 5. The zero-order valence-electron chi connectivity index (χ0n) is 19.1. The van der Waals surface area contributed by atoms with E-state index in [9.17, 15) is 26.7 Å². The summed E-state index contributed by atoms with van der Waals surface area (Å²) in [6, 6.07) is 5.68. The molecule has 1 aliphatic heterocycles. The SMILES string of the molecule is C[C@@H]1CC(F)(F)CN(C(=O)c2cc(Cl)ccc2-c2nnn(C)n2)C1CNc1ccc(C(F)(F)F)cn1. The van der Waals surface area contributed by atoms with E-state index >= 15 is 0 Å². The van der Waals surface area contributed by atoms with Crippen LogP contribution in [0.25, 0.3) is 11.4 Å². The molecule has 1 saturated heterocycles. The fourth-order valence-electron chi connectivity index (χ4n) is 4.19. The molecule has 1 aromatic carbocycles. The smallest absolute Gasteiger partial charge is 0.368 e. The van der Waals surface area contributed by atoms with Gasteiger partial charge in [-0.1, -0.05) is 18.5 Å². The van der Waals surface area contributed by atoms with Crippen molar-refractivity contribution in [3.63, 3.8) is 0 Å². The van der Waals surface area contributed by atoms with Gasteiger partial charge < -0.3 is 10.2 Å². The van der Waals surface area contributed by atoms with E-state index in [4.69, 9.17) is 11.6 Å². The predicted octanol–water partition coefficient (Wildman–Crippen LogP) is 4.54. The number of likely N-dealkylation sites (tertiary alicyclic amines) is 1. The van der Waals surface area contributed by atoms with E-state index in [1.807, 2.05) is 0 Å². The van der Waals surface area contributed by atoms with Gasteiger partial charge >= 0.3 is 6.18 Å². The second-order valence-electron chi connectivity index (χ2n) is 8.64. The minimum Gasteiger partial charge on any atom is -0.368 e. The van der Waals surface area contributed by atoms with E-state index in [1.54, 1.807) is 6.92 Å². The average molecular weight is 530 g/mol. The van der Waals surface area contributed by atoms with Crippen LogP contribution in [0.3, 0.4) is 0 Å². The molecule has 8 nitrogen and oxygen atoms in total. The van der Waals surface area contributed by atoms with Crippen LogP contribution in [-0.2, 0) is 13.2 Å². The Bertz CT molecular complexity index is 1250. The Labute approximate surface area is 207 Å². The maximum atomic E-state index is 14.6. The lowest BCUT2D eigenvalue weighted by molar-refractivity contribution is -0.137. The summed E-state index contributed by atoms with van der Waals surface area (Å²) >= 11 is 6.12. The van der Waals surface area contributed by atoms with Crippen molar-refractivity contribution in [3.8, 4) is 11.4 Å². The molecule has 0 aliphatic carbocycles. The molecule has 0 radical (unpaired) electrons. The van der Waals surface area contributed by atoms with Crippen molar-refractivity contribution in [2.24, 2.45) is 13.0 Å². The Hall–Kier alpha value is -3.35. The third-order valence-electron chi connectivity index (χ3n) is 5.88. The third kappa shape index (κ3) is 5.55. The molecule has 1 N–H and O–H groups in total. The van der Waals surface area contributed by atoms with Gasteiger partial charge in [0.1, 0.15) is 5.82 Å². The number of hydrogen-bond acceptors (Lipinski definition) is 6. The first-order valence-corrected chi connectivity index (χ1v) is 11.2. The molecule has 36 heavy (non-hydrogen) atoms. The van der Waals surface area contributed by atoms with Crippen molar-refractivity contribution >= 4 is 23.3 Å². The van der Waals surface area contributed by atoms with Gasteiger partial charge in [-0.3, -0.25) is 4.79 Å². The number of carbonyl (C=O) groups is 1. The molecule has 2 aromatic heterocycles. The molecule has 1 fully saturated rings. The number of pyridine rings is 1. The molecule has 1 aliphatic rings. The molecule has 0 spiro atoms. The molecule has 2 atom stereocenters. The van der Waals surface area contributed by atoms with Crippen molar-refractivity contribution in [2.75, 3.05) is 18.4 Å². The van der Waals surface area contributed by atoms with Gasteiger partial charge in [0, 0.05) is 29.7 Å². The van der Waals surface area contributed by atoms with Gasteiger partial charge in [-0.25, -0.2) is 13.8 Å². The number of piperidine rings is 1. The van der Waals surface area contributed by atoms with Gasteiger partial charge in [0.15, 0.2) is 0 Å². The quantitative estimate of drug-likeness (QED) is 0.488. The van der Waals surface area contributed by atoms with Crippen molar-refractivity contribution < 1.29 is 26.7 Å². The Balaban J connectivity index is 1.63. The minimum absolute atomic E-state index is 0.0133. The van der Waals surface area contributed by atoms with Crippen molar-refractivity contribution in [1.82, 2.24) is 30.1 Å². The molecule has 0 bridgehead atoms. The molecule has 192 valence electrons. The Morgan fingerprint density at radius 2 is 2.00 bits per heavy atom. The highest BCUT2D eigenvalue weighted by Crippen LogP contribution is 2.37. The topological polar surface area (TPSA) is 88.8 Å². The van der Waals surface area contributed by atoms with Crippen LogP contribution < -0.4 is 5.32 Å². The summed E-state index contributed by atoms with van der Waals surface area (Å²) in [5.74, 6) is -4.25. The van der Waals surface area contributed by atoms with Gasteiger partial charge in [-0.2, -0.15) is 18.0 Å².